The third-order valence-corrected chi connectivity index (χ3v) is 2.99. The van der Waals surface area contributed by atoms with Crippen molar-refractivity contribution in [2.24, 2.45) is 0 Å². The Morgan fingerprint density at radius 1 is 1.53 bits per heavy atom. The maximum absolute atomic E-state index is 10.7. The summed E-state index contributed by atoms with van der Waals surface area (Å²) in [6.45, 7) is 2.54. The Morgan fingerprint density at radius 2 is 2.37 bits per heavy atom. The van der Waals surface area contributed by atoms with Gasteiger partial charge in [-0.2, -0.15) is 5.26 Å². The highest BCUT2D eigenvalue weighted by molar-refractivity contribution is 5.59. The molecular formula is C13H14N4O2. The molecule has 0 amide bonds. The predicted molar refractivity (Wildman–Crippen MR) is 71.9 cm³/mol. The van der Waals surface area contributed by atoms with Crippen LogP contribution in [0.25, 0.3) is 0 Å². The molecule has 1 aliphatic rings. The highest BCUT2D eigenvalue weighted by Gasteiger charge is 2.13. The van der Waals surface area contributed by atoms with Crippen LogP contribution in [0, 0.1) is 21.4 Å². The minimum Gasteiger partial charge on any atom is -0.381 e. The van der Waals surface area contributed by atoms with Crippen LogP contribution in [0.15, 0.2) is 29.8 Å². The van der Waals surface area contributed by atoms with Crippen LogP contribution in [-0.4, -0.2) is 24.6 Å². The largest absolute Gasteiger partial charge is 0.381 e. The van der Waals surface area contributed by atoms with E-state index in [1.54, 1.807) is 6.07 Å². The third kappa shape index (κ3) is 3.30. The number of nitrogens with one attached hydrogen (secondary N) is 2. The van der Waals surface area contributed by atoms with E-state index < -0.39 is 4.92 Å². The van der Waals surface area contributed by atoms with Gasteiger partial charge in [-0.15, -0.1) is 0 Å². The number of rotatable bonds is 4. The predicted octanol–water partition coefficient (Wildman–Crippen LogP) is 1.80. The van der Waals surface area contributed by atoms with Crippen molar-refractivity contribution in [3.8, 4) is 6.07 Å². The van der Waals surface area contributed by atoms with Gasteiger partial charge in [0.05, 0.1) is 4.92 Å². The first-order chi connectivity index (χ1) is 9.20. The molecule has 1 aromatic carbocycles. The second-order valence-electron chi connectivity index (χ2n) is 4.27. The lowest BCUT2D eigenvalue weighted by Gasteiger charge is -2.15. The molecule has 1 aromatic rings. The number of hydrogen-bond donors (Lipinski definition) is 2. The van der Waals surface area contributed by atoms with E-state index in [2.05, 4.69) is 16.7 Å². The van der Waals surface area contributed by atoms with Crippen LogP contribution in [0.3, 0.4) is 0 Å². The Bertz CT molecular complexity index is 560. The van der Waals surface area contributed by atoms with E-state index in [1.165, 1.54) is 17.7 Å². The zero-order chi connectivity index (χ0) is 13.7. The number of benzene rings is 1. The van der Waals surface area contributed by atoms with Gasteiger partial charge < -0.3 is 10.6 Å². The first kappa shape index (κ1) is 13.1. The monoisotopic (exact) mass is 258 g/mol. The Balaban J connectivity index is 2.07. The summed E-state index contributed by atoms with van der Waals surface area (Å²) in [5.74, 6) is 0. The molecule has 2 rings (SSSR count). The highest BCUT2D eigenvalue weighted by Crippen LogP contribution is 2.22. The second kappa shape index (κ2) is 5.98. The normalized spacial score (nSPS) is 14.4. The van der Waals surface area contributed by atoms with E-state index in [0.29, 0.717) is 6.54 Å². The molecule has 0 saturated heterocycles. The lowest BCUT2D eigenvalue weighted by atomic mass is 10.1. The number of nitriles is 1. The summed E-state index contributed by atoms with van der Waals surface area (Å²) in [6, 6.07) is 6.35. The smallest absolute Gasteiger partial charge is 0.287 e. The van der Waals surface area contributed by atoms with Crippen LogP contribution in [0.1, 0.15) is 12.0 Å². The number of nitro groups is 1. The molecule has 19 heavy (non-hydrogen) atoms. The van der Waals surface area contributed by atoms with Crippen molar-refractivity contribution in [1.29, 1.82) is 5.26 Å². The highest BCUT2D eigenvalue weighted by atomic mass is 16.6. The molecule has 0 atom stereocenters. The third-order valence-electron chi connectivity index (χ3n) is 2.99. The molecule has 0 aromatic heterocycles. The van der Waals surface area contributed by atoms with Crippen molar-refractivity contribution in [3.05, 3.63) is 45.5 Å². The maximum Gasteiger partial charge on any atom is 0.287 e. The fourth-order valence-electron chi connectivity index (χ4n) is 1.94. The van der Waals surface area contributed by atoms with Gasteiger partial charge in [-0.05, 0) is 25.1 Å². The van der Waals surface area contributed by atoms with Crippen molar-refractivity contribution in [2.45, 2.75) is 6.42 Å². The molecule has 0 radical (unpaired) electrons. The summed E-state index contributed by atoms with van der Waals surface area (Å²) < 4.78 is 0. The van der Waals surface area contributed by atoms with Crippen molar-refractivity contribution in [1.82, 2.24) is 5.32 Å². The number of anilines is 1. The Morgan fingerprint density at radius 3 is 3.00 bits per heavy atom. The molecule has 0 unspecified atom stereocenters. The Hall–Kier alpha value is -2.39. The van der Waals surface area contributed by atoms with Gasteiger partial charge in [0.2, 0.25) is 0 Å². The average Bonchev–Trinajstić information content (AvgIpc) is 2.45. The van der Waals surface area contributed by atoms with Crippen LogP contribution in [0.5, 0.6) is 0 Å². The van der Waals surface area contributed by atoms with E-state index in [-0.39, 0.29) is 11.3 Å². The van der Waals surface area contributed by atoms with Gasteiger partial charge in [0.25, 0.3) is 5.69 Å². The lowest BCUT2D eigenvalue weighted by Crippen LogP contribution is -2.23. The van der Waals surface area contributed by atoms with Crippen LogP contribution in [0.4, 0.5) is 11.4 Å². The topological polar surface area (TPSA) is 91.0 Å². The van der Waals surface area contributed by atoms with Crippen LogP contribution in [-0.2, 0) is 0 Å². The van der Waals surface area contributed by atoms with Gasteiger partial charge in [-0.25, -0.2) is 0 Å². The molecule has 98 valence electrons. The molecule has 0 saturated carbocycles. The van der Waals surface area contributed by atoms with Gasteiger partial charge >= 0.3 is 0 Å². The Labute approximate surface area is 110 Å². The lowest BCUT2D eigenvalue weighted by molar-refractivity contribution is -0.385. The quantitative estimate of drug-likeness (QED) is 0.488. The summed E-state index contributed by atoms with van der Waals surface area (Å²) in [5, 5.41) is 26.0. The van der Waals surface area contributed by atoms with Crippen molar-refractivity contribution < 1.29 is 4.92 Å². The van der Waals surface area contributed by atoms with E-state index in [9.17, 15) is 10.1 Å². The molecule has 0 fully saturated rings. The van der Waals surface area contributed by atoms with Crippen molar-refractivity contribution >= 4 is 11.4 Å². The minimum atomic E-state index is -0.544. The van der Waals surface area contributed by atoms with Crippen LogP contribution in [0.2, 0.25) is 0 Å². The molecule has 1 heterocycles. The molecule has 0 spiro atoms. The van der Waals surface area contributed by atoms with Gasteiger partial charge in [-0.3, -0.25) is 10.1 Å². The first-order valence-corrected chi connectivity index (χ1v) is 6.02. The standard InChI is InChI=1S/C13H14N4O2/c14-8-11-7-12(1-2-13(11)17(18)19)16-9-10-3-5-15-6-4-10/h1-3,7,15-16H,4-6,9H2. The number of nitrogens with zero attached hydrogens (tertiary/aromatic N) is 2. The maximum atomic E-state index is 10.7. The van der Waals surface area contributed by atoms with E-state index >= 15 is 0 Å². The molecule has 0 aliphatic carbocycles. The summed E-state index contributed by atoms with van der Waals surface area (Å²) in [5.41, 5.74) is 1.95. The molecule has 6 nitrogen and oxygen atoms in total. The van der Waals surface area contributed by atoms with Crippen molar-refractivity contribution in [3.63, 3.8) is 0 Å². The van der Waals surface area contributed by atoms with Crippen LogP contribution >= 0.6 is 0 Å². The van der Waals surface area contributed by atoms with Gasteiger partial charge in [-0.1, -0.05) is 11.6 Å². The van der Waals surface area contributed by atoms with Gasteiger partial charge in [0.1, 0.15) is 11.6 Å². The van der Waals surface area contributed by atoms with Crippen molar-refractivity contribution in [2.75, 3.05) is 25.0 Å². The molecule has 2 N–H and O–H groups in total. The van der Waals surface area contributed by atoms with Crippen LogP contribution < -0.4 is 10.6 Å². The number of nitro benzene ring substituents is 1. The summed E-state index contributed by atoms with van der Waals surface area (Å²) in [4.78, 5) is 10.2. The Kier molecular flexibility index (Phi) is 4.11. The van der Waals surface area contributed by atoms with E-state index in [4.69, 9.17) is 5.26 Å². The minimum absolute atomic E-state index is 0.0780. The van der Waals surface area contributed by atoms with E-state index in [0.717, 1.165) is 25.2 Å². The van der Waals surface area contributed by atoms with Gasteiger partial charge in [0.15, 0.2) is 0 Å². The second-order valence-corrected chi connectivity index (χ2v) is 4.27. The SMILES string of the molecule is N#Cc1cc(NCC2=CCNCC2)ccc1[N+](=O)[O-]. The number of hydrogen-bond acceptors (Lipinski definition) is 5. The fourth-order valence-corrected chi connectivity index (χ4v) is 1.94. The summed E-state index contributed by atoms with van der Waals surface area (Å²) in [7, 11) is 0. The summed E-state index contributed by atoms with van der Waals surface area (Å²) >= 11 is 0. The van der Waals surface area contributed by atoms with Gasteiger partial charge in [0, 0.05) is 24.8 Å². The average molecular weight is 258 g/mol. The zero-order valence-corrected chi connectivity index (χ0v) is 10.3. The molecular weight excluding hydrogens is 244 g/mol. The molecule has 0 bridgehead atoms. The summed E-state index contributed by atoms with van der Waals surface area (Å²) in [6.07, 6.45) is 3.12. The molecule has 1 aliphatic heterocycles. The van der Waals surface area contributed by atoms with E-state index in [1.807, 2.05) is 6.07 Å². The first-order valence-electron chi connectivity index (χ1n) is 6.02. The zero-order valence-electron chi connectivity index (χ0n) is 10.3. The molecule has 6 heteroatoms. The fraction of sp³-hybridized carbons (Fsp3) is 0.308.